The maximum absolute atomic E-state index is 10.5. The van der Waals surface area contributed by atoms with Gasteiger partial charge >= 0.3 is 0 Å². The van der Waals surface area contributed by atoms with Crippen LogP contribution in [0.15, 0.2) is 73.1 Å². The number of aromatic nitrogens is 2. The number of anilines is 3. The summed E-state index contributed by atoms with van der Waals surface area (Å²) < 4.78 is 0. The number of fused-ring (bicyclic) bond motifs is 1. The monoisotopic (exact) mass is 553 g/mol. The van der Waals surface area contributed by atoms with Gasteiger partial charge in [0, 0.05) is 72.5 Å². The van der Waals surface area contributed by atoms with Crippen molar-refractivity contribution < 1.29 is 5.11 Å². The first kappa shape index (κ1) is 28.8. The highest BCUT2D eigenvalue weighted by Crippen LogP contribution is 2.30. The molecule has 10 heteroatoms. The molecule has 4 aromatic rings. The summed E-state index contributed by atoms with van der Waals surface area (Å²) >= 11 is 6.11. The van der Waals surface area contributed by atoms with Gasteiger partial charge < -0.3 is 15.3 Å². The Labute approximate surface area is 228 Å². The molecule has 3 heterocycles. The number of nitrogens with one attached hydrogen (secondary N) is 1. The number of pyridine rings is 2. The average Bonchev–Trinajstić information content (AvgIpc) is 2.82. The first-order valence-electron chi connectivity index (χ1n) is 10.7. The zero-order chi connectivity index (χ0) is 21.9. The van der Waals surface area contributed by atoms with E-state index < -0.39 is 0 Å². The highest BCUT2D eigenvalue weighted by molar-refractivity contribution is 6.31. The van der Waals surface area contributed by atoms with Crippen LogP contribution in [0.25, 0.3) is 10.9 Å². The van der Waals surface area contributed by atoms with Crippen LogP contribution >= 0.6 is 48.8 Å². The lowest BCUT2D eigenvalue weighted by molar-refractivity contribution is 0.246. The number of phenols is 1. The molecule has 35 heavy (non-hydrogen) atoms. The fourth-order valence-electron chi connectivity index (χ4n) is 4.09. The van der Waals surface area contributed by atoms with Crippen molar-refractivity contribution in [3.63, 3.8) is 0 Å². The third-order valence-electron chi connectivity index (χ3n) is 5.80. The van der Waals surface area contributed by atoms with E-state index in [1.54, 1.807) is 12.3 Å². The van der Waals surface area contributed by atoms with Crippen LogP contribution in [-0.2, 0) is 6.54 Å². The molecule has 1 saturated heterocycles. The summed E-state index contributed by atoms with van der Waals surface area (Å²) in [5.41, 5.74) is 3.62. The first-order chi connectivity index (χ1) is 15.7. The molecular formula is C25H27Cl4N5O. The van der Waals surface area contributed by atoms with Crippen molar-refractivity contribution in [1.29, 1.82) is 0 Å². The first-order valence-corrected chi connectivity index (χ1v) is 11.0. The largest absolute Gasteiger partial charge is 0.508 e. The Morgan fingerprint density at radius 1 is 0.857 bits per heavy atom. The number of nitrogens with zero attached hydrogens (tertiary/aromatic N) is 4. The average molecular weight is 555 g/mol. The molecule has 5 rings (SSSR count). The smallest absolute Gasteiger partial charge is 0.128 e. The Balaban J connectivity index is 0.00000144. The molecule has 0 aliphatic carbocycles. The van der Waals surface area contributed by atoms with Gasteiger partial charge in [0.1, 0.15) is 11.6 Å². The maximum atomic E-state index is 10.5. The minimum absolute atomic E-state index is 0. The second kappa shape index (κ2) is 13.0. The van der Waals surface area contributed by atoms with Crippen LogP contribution in [0.3, 0.4) is 0 Å². The van der Waals surface area contributed by atoms with E-state index in [0.29, 0.717) is 17.3 Å². The Morgan fingerprint density at radius 2 is 1.66 bits per heavy atom. The molecule has 186 valence electrons. The van der Waals surface area contributed by atoms with Crippen molar-refractivity contribution in [3.8, 4) is 5.75 Å². The van der Waals surface area contributed by atoms with Gasteiger partial charge in [-0.05, 0) is 54.6 Å². The number of halogens is 4. The van der Waals surface area contributed by atoms with Gasteiger partial charge in [0.2, 0.25) is 0 Å². The molecule has 0 bridgehead atoms. The van der Waals surface area contributed by atoms with E-state index in [9.17, 15) is 5.11 Å². The molecular weight excluding hydrogens is 528 g/mol. The van der Waals surface area contributed by atoms with Gasteiger partial charge in [-0.3, -0.25) is 9.88 Å². The van der Waals surface area contributed by atoms with Crippen molar-refractivity contribution in [2.45, 2.75) is 6.54 Å². The van der Waals surface area contributed by atoms with E-state index in [1.807, 2.05) is 60.8 Å². The predicted octanol–water partition coefficient (Wildman–Crippen LogP) is 6.32. The van der Waals surface area contributed by atoms with Gasteiger partial charge in [-0.15, -0.1) is 37.2 Å². The van der Waals surface area contributed by atoms with Crippen LogP contribution in [0.4, 0.5) is 17.2 Å². The van der Waals surface area contributed by atoms with Crippen LogP contribution in [-0.4, -0.2) is 46.2 Å². The number of hydrogen-bond acceptors (Lipinski definition) is 6. The van der Waals surface area contributed by atoms with Crippen molar-refractivity contribution in [2.75, 3.05) is 36.4 Å². The van der Waals surface area contributed by atoms with Gasteiger partial charge in [0.05, 0.1) is 5.52 Å². The minimum Gasteiger partial charge on any atom is -0.508 e. The van der Waals surface area contributed by atoms with E-state index in [-0.39, 0.29) is 37.2 Å². The van der Waals surface area contributed by atoms with Crippen molar-refractivity contribution >= 4 is 76.9 Å². The SMILES string of the molecule is Cl.Cl.Cl.Oc1ccc(Nc2ccnc3cc(Cl)ccc23)cc1CN1CCN(c2ccccn2)CC1. The van der Waals surface area contributed by atoms with E-state index in [0.717, 1.165) is 59.8 Å². The number of aromatic hydroxyl groups is 1. The number of rotatable bonds is 5. The number of hydrogen-bond donors (Lipinski definition) is 2. The van der Waals surface area contributed by atoms with E-state index in [2.05, 4.69) is 25.1 Å². The molecule has 1 aliphatic rings. The lowest BCUT2D eigenvalue weighted by Crippen LogP contribution is -2.46. The summed E-state index contributed by atoms with van der Waals surface area (Å²) in [6.07, 6.45) is 3.60. The molecule has 0 unspecified atom stereocenters. The van der Waals surface area contributed by atoms with Crippen LogP contribution in [0.1, 0.15) is 5.56 Å². The molecule has 6 nitrogen and oxygen atoms in total. The quantitative estimate of drug-likeness (QED) is 0.281. The highest BCUT2D eigenvalue weighted by Gasteiger charge is 2.19. The van der Waals surface area contributed by atoms with E-state index in [1.165, 1.54) is 0 Å². The maximum Gasteiger partial charge on any atom is 0.128 e. The topological polar surface area (TPSA) is 64.5 Å². The molecule has 0 amide bonds. The molecule has 2 N–H and O–H groups in total. The Bertz CT molecular complexity index is 1240. The van der Waals surface area contributed by atoms with Gasteiger partial charge in [-0.1, -0.05) is 17.7 Å². The fraction of sp³-hybridized carbons (Fsp3) is 0.200. The summed E-state index contributed by atoms with van der Waals surface area (Å²) in [6, 6.07) is 19.3. The van der Waals surface area contributed by atoms with E-state index in [4.69, 9.17) is 11.6 Å². The van der Waals surface area contributed by atoms with Gasteiger partial charge in [-0.2, -0.15) is 0 Å². The van der Waals surface area contributed by atoms with E-state index >= 15 is 0 Å². The summed E-state index contributed by atoms with van der Waals surface area (Å²) in [7, 11) is 0. The molecule has 1 aliphatic heterocycles. The summed E-state index contributed by atoms with van der Waals surface area (Å²) in [5.74, 6) is 1.33. The Hall–Kier alpha value is -2.48. The second-order valence-corrected chi connectivity index (χ2v) is 8.38. The highest BCUT2D eigenvalue weighted by atomic mass is 35.5. The van der Waals surface area contributed by atoms with Crippen molar-refractivity contribution in [1.82, 2.24) is 14.9 Å². The van der Waals surface area contributed by atoms with Crippen LogP contribution in [0, 0.1) is 0 Å². The third kappa shape index (κ3) is 6.81. The van der Waals surface area contributed by atoms with Gasteiger partial charge in [-0.25, -0.2) is 4.98 Å². The molecule has 0 radical (unpaired) electrons. The zero-order valence-corrected chi connectivity index (χ0v) is 22.0. The van der Waals surface area contributed by atoms with Crippen LogP contribution in [0.5, 0.6) is 5.75 Å². The minimum atomic E-state index is 0. The Kier molecular flexibility index (Phi) is 10.7. The summed E-state index contributed by atoms with van der Waals surface area (Å²) in [6.45, 7) is 4.37. The molecule has 0 spiro atoms. The number of piperazine rings is 1. The summed E-state index contributed by atoms with van der Waals surface area (Å²) in [4.78, 5) is 13.5. The Morgan fingerprint density at radius 3 is 2.40 bits per heavy atom. The molecule has 0 saturated carbocycles. The number of phenolic OH excluding ortho intramolecular Hbond substituents is 1. The molecule has 2 aromatic heterocycles. The lowest BCUT2D eigenvalue weighted by atomic mass is 10.1. The van der Waals surface area contributed by atoms with Crippen molar-refractivity contribution in [2.24, 2.45) is 0 Å². The van der Waals surface area contributed by atoms with Crippen molar-refractivity contribution in [3.05, 3.63) is 83.6 Å². The standard InChI is InChI=1S/C25H24ClN5O.3ClH/c26-19-4-6-21-22(8-10-27-23(21)16-19)29-20-5-7-24(32)18(15-20)17-30-11-13-31(14-12-30)25-3-1-2-9-28-25;;;/h1-10,15-16,32H,11-14,17H2,(H,27,29);3*1H. The molecule has 0 atom stereocenters. The second-order valence-electron chi connectivity index (χ2n) is 7.94. The molecule has 1 fully saturated rings. The van der Waals surface area contributed by atoms with Gasteiger partial charge in [0.25, 0.3) is 0 Å². The van der Waals surface area contributed by atoms with Crippen LogP contribution < -0.4 is 10.2 Å². The lowest BCUT2D eigenvalue weighted by Gasteiger charge is -2.35. The normalized spacial score (nSPS) is 13.3. The predicted molar refractivity (Wildman–Crippen MR) is 152 cm³/mol. The fourth-order valence-corrected chi connectivity index (χ4v) is 4.26. The van der Waals surface area contributed by atoms with Crippen LogP contribution in [0.2, 0.25) is 5.02 Å². The number of benzene rings is 2. The third-order valence-corrected chi connectivity index (χ3v) is 6.04. The zero-order valence-electron chi connectivity index (χ0n) is 18.8. The summed E-state index contributed by atoms with van der Waals surface area (Å²) in [5, 5.41) is 15.6. The molecule has 2 aromatic carbocycles. The van der Waals surface area contributed by atoms with Gasteiger partial charge in [0.15, 0.2) is 0 Å².